The van der Waals surface area contributed by atoms with E-state index in [9.17, 15) is 13.2 Å². The molecule has 3 aromatic rings. The van der Waals surface area contributed by atoms with Crippen molar-refractivity contribution in [3.05, 3.63) is 46.8 Å². The first-order valence-electron chi connectivity index (χ1n) is 8.02. The van der Waals surface area contributed by atoms with Crippen molar-refractivity contribution >= 4 is 17.4 Å². The van der Waals surface area contributed by atoms with Crippen LogP contribution in [0.1, 0.15) is 44.7 Å². The summed E-state index contributed by atoms with van der Waals surface area (Å²) < 4.78 is 43.0. The molecular weight excluding hydrogens is 353 g/mol. The molecule has 25 heavy (non-hydrogen) atoms. The van der Waals surface area contributed by atoms with Crippen molar-refractivity contribution in [2.45, 2.75) is 39.0 Å². The molecule has 0 N–H and O–H groups in total. The first-order chi connectivity index (χ1) is 12.0. The van der Waals surface area contributed by atoms with E-state index in [4.69, 9.17) is 11.6 Å². The van der Waals surface area contributed by atoms with Gasteiger partial charge in [0, 0.05) is 17.0 Å². The lowest BCUT2D eigenvalue weighted by Crippen LogP contribution is -2.11. The molecular formula is C17H16ClF3N4. The van der Waals surface area contributed by atoms with Gasteiger partial charge in [0.25, 0.3) is 5.78 Å². The van der Waals surface area contributed by atoms with Crippen molar-refractivity contribution in [3.63, 3.8) is 0 Å². The Bertz CT molecular complexity index is 926. The summed E-state index contributed by atoms with van der Waals surface area (Å²) in [7, 11) is 0. The number of aromatic nitrogens is 4. The van der Waals surface area contributed by atoms with Crippen LogP contribution < -0.4 is 0 Å². The van der Waals surface area contributed by atoms with Crippen molar-refractivity contribution < 1.29 is 13.2 Å². The van der Waals surface area contributed by atoms with E-state index >= 15 is 0 Å². The molecule has 3 rings (SSSR count). The average Bonchev–Trinajstić information content (AvgIpc) is 3.05. The Morgan fingerprint density at radius 1 is 1.16 bits per heavy atom. The van der Waals surface area contributed by atoms with Crippen molar-refractivity contribution in [2.24, 2.45) is 0 Å². The molecule has 1 unspecified atom stereocenters. The number of benzene rings is 1. The Morgan fingerprint density at radius 2 is 1.92 bits per heavy atom. The number of fused-ring (bicyclic) bond motifs is 1. The van der Waals surface area contributed by atoms with Crippen LogP contribution in [0.15, 0.2) is 18.5 Å². The quantitative estimate of drug-likeness (QED) is 0.461. The minimum Gasteiger partial charge on any atom is -0.204 e. The van der Waals surface area contributed by atoms with Gasteiger partial charge in [0.2, 0.25) is 0 Å². The summed E-state index contributed by atoms with van der Waals surface area (Å²) in [5.74, 6) is -3.83. The lowest BCUT2D eigenvalue weighted by molar-refractivity contribution is 0.448. The van der Waals surface area contributed by atoms with E-state index in [1.807, 2.05) is 13.8 Å². The number of nitrogens with zero attached hydrogens (tertiary/aromatic N) is 4. The second kappa shape index (κ2) is 7.00. The summed E-state index contributed by atoms with van der Waals surface area (Å²) >= 11 is 6.29. The van der Waals surface area contributed by atoms with Gasteiger partial charge in [-0.2, -0.15) is 15.1 Å². The summed E-state index contributed by atoms with van der Waals surface area (Å²) in [6.45, 7) is 4.02. The smallest absolute Gasteiger partial charge is 0.204 e. The van der Waals surface area contributed by atoms with Crippen molar-refractivity contribution in [1.82, 2.24) is 19.6 Å². The molecule has 0 bridgehead atoms. The second-order valence-electron chi connectivity index (χ2n) is 5.75. The third-order valence-corrected chi connectivity index (χ3v) is 4.51. The van der Waals surface area contributed by atoms with E-state index in [0.717, 1.165) is 25.3 Å². The van der Waals surface area contributed by atoms with Crippen LogP contribution in [0, 0.1) is 17.5 Å². The van der Waals surface area contributed by atoms with Crippen molar-refractivity contribution in [1.29, 1.82) is 0 Å². The fraction of sp³-hybridized carbons (Fsp3) is 0.353. The largest absolute Gasteiger partial charge is 0.253 e. The van der Waals surface area contributed by atoms with Crippen molar-refractivity contribution in [2.75, 3.05) is 0 Å². The minimum absolute atomic E-state index is 0.0165. The molecule has 2 aromatic heterocycles. The van der Waals surface area contributed by atoms with Gasteiger partial charge in [-0.05, 0) is 25.0 Å². The van der Waals surface area contributed by atoms with E-state index in [0.29, 0.717) is 5.69 Å². The summed E-state index contributed by atoms with van der Waals surface area (Å²) in [5, 5.41) is 4.14. The Balaban J connectivity index is 2.38. The minimum atomic E-state index is -1.54. The predicted molar refractivity (Wildman–Crippen MR) is 89.0 cm³/mol. The van der Waals surface area contributed by atoms with Gasteiger partial charge in [0.1, 0.15) is 11.5 Å². The number of halogens is 4. The van der Waals surface area contributed by atoms with Crippen LogP contribution in [-0.4, -0.2) is 19.6 Å². The molecule has 0 amide bonds. The topological polar surface area (TPSA) is 43.1 Å². The van der Waals surface area contributed by atoms with Crippen LogP contribution in [0.3, 0.4) is 0 Å². The standard InChI is InChI=1S/C17H16ClF3N4/c1-3-5-9(4-2)15-12(10-6-7-11(19)14(21)13(10)20)16(18)24-17-22-8-23-25(15)17/h6-9H,3-5H2,1-2H3. The molecule has 1 aromatic carbocycles. The fourth-order valence-corrected chi connectivity index (χ4v) is 3.34. The van der Waals surface area contributed by atoms with E-state index in [2.05, 4.69) is 15.1 Å². The zero-order valence-corrected chi connectivity index (χ0v) is 14.5. The van der Waals surface area contributed by atoms with Crippen LogP contribution in [0.25, 0.3) is 16.9 Å². The van der Waals surface area contributed by atoms with Crippen LogP contribution in [0.2, 0.25) is 5.15 Å². The van der Waals surface area contributed by atoms with Gasteiger partial charge in [0.05, 0.1) is 5.69 Å². The molecule has 1 atom stereocenters. The highest BCUT2D eigenvalue weighted by Gasteiger charge is 2.26. The number of rotatable bonds is 5. The average molecular weight is 369 g/mol. The van der Waals surface area contributed by atoms with E-state index in [1.54, 1.807) is 0 Å². The lowest BCUT2D eigenvalue weighted by atomic mass is 9.91. The Labute approximate surface area is 147 Å². The van der Waals surface area contributed by atoms with Crippen LogP contribution in [0.5, 0.6) is 0 Å². The highest BCUT2D eigenvalue weighted by atomic mass is 35.5. The molecule has 0 fully saturated rings. The molecule has 132 valence electrons. The SMILES string of the molecule is CCCC(CC)c1c(-c2ccc(F)c(F)c2F)c(Cl)nc2ncnn12. The van der Waals surface area contributed by atoms with E-state index in [-0.39, 0.29) is 28.0 Å². The maximum absolute atomic E-state index is 14.4. The molecule has 0 radical (unpaired) electrons. The maximum atomic E-state index is 14.4. The predicted octanol–water partition coefficient (Wildman–Crippen LogP) is 5.16. The fourth-order valence-electron chi connectivity index (χ4n) is 3.06. The third kappa shape index (κ3) is 2.97. The molecule has 2 heterocycles. The molecule has 0 aliphatic rings. The monoisotopic (exact) mass is 368 g/mol. The molecule has 4 nitrogen and oxygen atoms in total. The second-order valence-corrected chi connectivity index (χ2v) is 6.11. The van der Waals surface area contributed by atoms with E-state index < -0.39 is 17.5 Å². The molecule has 0 aliphatic heterocycles. The van der Waals surface area contributed by atoms with Gasteiger partial charge in [-0.25, -0.2) is 17.7 Å². The summed E-state index contributed by atoms with van der Waals surface area (Å²) in [4.78, 5) is 8.15. The molecule has 0 aliphatic carbocycles. The van der Waals surface area contributed by atoms with Gasteiger partial charge in [-0.1, -0.05) is 31.9 Å². The van der Waals surface area contributed by atoms with Gasteiger partial charge < -0.3 is 0 Å². The first-order valence-corrected chi connectivity index (χ1v) is 8.40. The van der Waals surface area contributed by atoms with E-state index in [1.165, 1.54) is 16.9 Å². The highest BCUT2D eigenvalue weighted by molar-refractivity contribution is 6.32. The van der Waals surface area contributed by atoms with Crippen LogP contribution >= 0.6 is 11.6 Å². The molecule has 0 spiro atoms. The summed E-state index contributed by atoms with van der Waals surface area (Å²) in [5.41, 5.74) is 0.677. The van der Waals surface area contributed by atoms with Crippen LogP contribution in [0.4, 0.5) is 13.2 Å². The molecule has 8 heteroatoms. The lowest BCUT2D eigenvalue weighted by Gasteiger charge is -2.20. The van der Waals surface area contributed by atoms with Gasteiger partial charge >= 0.3 is 0 Å². The summed E-state index contributed by atoms with van der Waals surface area (Å²) in [6.07, 6.45) is 3.74. The number of hydrogen-bond donors (Lipinski definition) is 0. The number of hydrogen-bond acceptors (Lipinski definition) is 3. The molecule has 0 saturated heterocycles. The summed E-state index contributed by atoms with van der Waals surface area (Å²) in [6, 6.07) is 2.04. The van der Waals surface area contributed by atoms with Gasteiger partial charge in [-0.15, -0.1) is 0 Å². The van der Waals surface area contributed by atoms with Crippen molar-refractivity contribution in [3.8, 4) is 11.1 Å². The highest BCUT2D eigenvalue weighted by Crippen LogP contribution is 2.39. The van der Waals surface area contributed by atoms with Crippen LogP contribution in [-0.2, 0) is 0 Å². The normalized spacial score (nSPS) is 12.7. The zero-order valence-electron chi connectivity index (χ0n) is 13.7. The zero-order chi connectivity index (χ0) is 18.1. The third-order valence-electron chi connectivity index (χ3n) is 4.24. The Hall–Kier alpha value is -2.15. The van der Waals surface area contributed by atoms with Gasteiger partial charge in [0.15, 0.2) is 17.5 Å². The Morgan fingerprint density at radius 3 is 2.60 bits per heavy atom. The first kappa shape index (κ1) is 17.7. The van der Waals surface area contributed by atoms with Gasteiger partial charge in [-0.3, -0.25) is 0 Å². The molecule has 0 saturated carbocycles. The Kier molecular flexibility index (Phi) is 4.94. The maximum Gasteiger partial charge on any atom is 0.253 e.